The first-order valence-electron chi connectivity index (χ1n) is 13.2. The normalized spacial score (nSPS) is 19.9. The number of nitrogens with one attached hydrogen (secondary N) is 2. The number of carbonyl (C=O) groups is 4. The predicted molar refractivity (Wildman–Crippen MR) is 148 cm³/mol. The molecule has 2 heterocycles. The Morgan fingerprint density at radius 1 is 0.974 bits per heavy atom. The molecule has 2 fully saturated rings. The minimum atomic E-state index is -0.776. The van der Waals surface area contributed by atoms with Gasteiger partial charge in [0.1, 0.15) is 23.8 Å². The molecule has 0 aromatic heterocycles. The van der Waals surface area contributed by atoms with Crippen LogP contribution in [0, 0.1) is 0 Å². The van der Waals surface area contributed by atoms with Crippen molar-refractivity contribution in [2.75, 3.05) is 44.2 Å². The molecule has 0 aliphatic carbocycles. The van der Waals surface area contributed by atoms with Crippen LogP contribution >= 0.6 is 11.6 Å². The minimum absolute atomic E-state index is 0.117. The highest BCUT2D eigenvalue weighted by molar-refractivity contribution is 6.30. The lowest BCUT2D eigenvalue weighted by molar-refractivity contribution is -0.136. The topological polar surface area (TPSA) is 121 Å². The average Bonchev–Trinajstić information content (AvgIpc) is 3.24. The van der Waals surface area contributed by atoms with Gasteiger partial charge in [0.15, 0.2) is 0 Å². The van der Waals surface area contributed by atoms with Gasteiger partial charge in [-0.2, -0.15) is 0 Å². The fourth-order valence-corrected chi connectivity index (χ4v) is 4.70. The number of halogens is 1. The lowest BCUT2D eigenvalue weighted by atomic mass is 10.1. The van der Waals surface area contributed by atoms with Crippen molar-refractivity contribution in [3.63, 3.8) is 0 Å². The summed E-state index contributed by atoms with van der Waals surface area (Å²) >= 11 is 6.13. The van der Waals surface area contributed by atoms with E-state index in [1.807, 2.05) is 24.3 Å². The van der Waals surface area contributed by atoms with Crippen LogP contribution in [0.5, 0.6) is 0 Å². The van der Waals surface area contributed by atoms with Crippen LogP contribution in [-0.2, 0) is 19.1 Å². The monoisotopic (exact) mass is 565 g/mol. The molecule has 4 amide bonds. The molecule has 2 aliphatic rings. The van der Waals surface area contributed by atoms with E-state index in [-0.39, 0.29) is 25.4 Å². The summed E-state index contributed by atoms with van der Waals surface area (Å²) in [5, 5.41) is 5.89. The summed E-state index contributed by atoms with van der Waals surface area (Å²) in [6.45, 7) is 12.5. The van der Waals surface area contributed by atoms with Crippen molar-refractivity contribution in [3.05, 3.63) is 29.3 Å². The molecule has 0 radical (unpaired) electrons. The number of ether oxygens (including phenoxy) is 2. The SMILES string of the molecule is CC(C)(C)OC(=O)NCC(=O)N[C@@H]1C[C@@H](C(=O)N2CCN(c3cccc(Cl)c3)CC2)N(C(=O)OC(C)(C)C)C1. The number of benzene rings is 1. The second-order valence-corrected chi connectivity index (χ2v) is 12.2. The predicted octanol–water partition coefficient (Wildman–Crippen LogP) is 3.01. The number of nitrogens with zero attached hydrogens (tertiary/aromatic N) is 3. The minimum Gasteiger partial charge on any atom is -0.444 e. The molecule has 0 bridgehead atoms. The van der Waals surface area contributed by atoms with Crippen LogP contribution in [0.1, 0.15) is 48.0 Å². The third-order valence-corrected chi connectivity index (χ3v) is 6.37. The first-order chi connectivity index (χ1) is 18.1. The lowest BCUT2D eigenvalue weighted by Crippen LogP contribution is -2.54. The van der Waals surface area contributed by atoms with Gasteiger partial charge in [-0.3, -0.25) is 14.5 Å². The van der Waals surface area contributed by atoms with Gasteiger partial charge in [0.05, 0.1) is 0 Å². The summed E-state index contributed by atoms with van der Waals surface area (Å²) in [7, 11) is 0. The Bertz CT molecular complexity index is 1060. The molecular weight excluding hydrogens is 526 g/mol. The van der Waals surface area contributed by atoms with Crippen LogP contribution in [-0.4, -0.2) is 96.4 Å². The van der Waals surface area contributed by atoms with E-state index in [1.54, 1.807) is 46.4 Å². The number of rotatable bonds is 5. The van der Waals surface area contributed by atoms with Gasteiger partial charge in [0.25, 0.3) is 0 Å². The highest BCUT2D eigenvalue weighted by Crippen LogP contribution is 2.25. The fourth-order valence-electron chi connectivity index (χ4n) is 4.51. The molecule has 2 N–H and O–H groups in total. The van der Waals surface area contributed by atoms with E-state index in [2.05, 4.69) is 15.5 Å². The molecule has 2 saturated heterocycles. The summed E-state index contributed by atoms with van der Waals surface area (Å²) in [6.07, 6.45) is -1.07. The maximum atomic E-state index is 13.6. The van der Waals surface area contributed by atoms with Crippen LogP contribution in [0.4, 0.5) is 15.3 Å². The van der Waals surface area contributed by atoms with E-state index in [0.29, 0.717) is 31.2 Å². The van der Waals surface area contributed by atoms with Crippen LogP contribution in [0.3, 0.4) is 0 Å². The van der Waals surface area contributed by atoms with Gasteiger partial charge in [-0.15, -0.1) is 0 Å². The average molecular weight is 566 g/mol. The molecule has 3 rings (SSSR count). The number of hydrogen-bond acceptors (Lipinski definition) is 7. The fraction of sp³-hybridized carbons (Fsp3) is 0.630. The van der Waals surface area contributed by atoms with Crippen molar-refractivity contribution in [2.45, 2.75) is 71.2 Å². The largest absolute Gasteiger partial charge is 0.444 e. The molecule has 0 unspecified atom stereocenters. The third-order valence-electron chi connectivity index (χ3n) is 6.14. The molecule has 1 aromatic rings. The standard InChI is InChI=1S/C27H40ClN5O6/c1-26(2,3)38-24(36)29-16-22(34)30-19-15-21(33(17-19)25(37)39-27(4,5)6)23(35)32-12-10-31(11-13-32)20-9-7-8-18(28)14-20/h7-9,14,19,21H,10-13,15-17H2,1-6H3,(H,29,36)(H,30,34)/t19-,21+/m1/s1. The third kappa shape index (κ3) is 9.19. The maximum Gasteiger partial charge on any atom is 0.411 e. The van der Waals surface area contributed by atoms with Gasteiger partial charge >= 0.3 is 12.2 Å². The number of piperazine rings is 1. The van der Waals surface area contributed by atoms with Gasteiger partial charge in [-0.1, -0.05) is 17.7 Å². The van der Waals surface area contributed by atoms with Crippen LogP contribution in [0.25, 0.3) is 0 Å². The van der Waals surface area contributed by atoms with Gasteiger partial charge in [-0.05, 0) is 66.2 Å². The van der Waals surface area contributed by atoms with E-state index in [9.17, 15) is 19.2 Å². The molecule has 0 saturated carbocycles. The van der Waals surface area contributed by atoms with Crippen molar-refractivity contribution in [1.29, 1.82) is 0 Å². The zero-order chi connectivity index (χ0) is 29.0. The summed E-state index contributed by atoms with van der Waals surface area (Å²) in [4.78, 5) is 56.3. The maximum absolute atomic E-state index is 13.6. The Morgan fingerprint density at radius 2 is 1.62 bits per heavy atom. The first kappa shape index (κ1) is 30.3. The van der Waals surface area contributed by atoms with E-state index in [1.165, 1.54) is 4.90 Å². The van der Waals surface area contributed by atoms with Crippen molar-refractivity contribution in [1.82, 2.24) is 20.4 Å². The zero-order valence-corrected chi connectivity index (χ0v) is 24.3. The van der Waals surface area contributed by atoms with Gasteiger partial charge in [0.2, 0.25) is 11.8 Å². The molecule has 0 spiro atoms. The number of anilines is 1. The van der Waals surface area contributed by atoms with Crippen molar-refractivity contribution in [3.8, 4) is 0 Å². The highest BCUT2D eigenvalue weighted by atomic mass is 35.5. The van der Waals surface area contributed by atoms with Gasteiger partial charge < -0.3 is 29.9 Å². The number of alkyl carbamates (subject to hydrolysis) is 1. The number of carbonyl (C=O) groups excluding carboxylic acids is 4. The van der Waals surface area contributed by atoms with Gasteiger partial charge in [-0.25, -0.2) is 9.59 Å². The van der Waals surface area contributed by atoms with E-state index in [4.69, 9.17) is 21.1 Å². The molecule has 39 heavy (non-hydrogen) atoms. The highest BCUT2D eigenvalue weighted by Gasteiger charge is 2.44. The van der Waals surface area contributed by atoms with Crippen LogP contribution < -0.4 is 15.5 Å². The number of hydrogen-bond donors (Lipinski definition) is 2. The Morgan fingerprint density at radius 3 is 2.21 bits per heavy atom. The number of likely N-dealkylation sites (tertiary alicyclic amines) is 1. The second-order valence-electron chi connectivity index (χ2n) is 11.8. The molecule has 2 atom stereocenters. The number of amides is 4. The van der Waals surface area contributed by atoms with Crippen molar-refractivity contribution in [2.24, 2.45) is 0 Å². The summed E-state index contributed by atoms with van der Waals surface area (Å²) in [5.74, 6) is -0.631. The zero-order valence-electron chi connectivity index (χ0n) is 23.6. The summed E-state index contributed by atoms with van der Waals surface area (Å²) < 4.78 is 10.7. The molecule has 216 valence electrons. The molecule has 2 aliphatic heterocycles. The van der Waals surface area contributed by atoms with Crippen molar-refractivity contribution >= 4 is 41.3 Å². The molecule has 1 aromatic carbocycles. The van der Waals surface area contributed by atoms with E-state index >= 15 is 0 Å². The van der Waals surface area contributed by atoms with Crippen LogP contribution in [0.15, 0.2) is 24.3 Å². The molecule has 11 nitrogen and oxygen atoms in total. The Kier molecular flexibility index (Phi) is 9.58. The lowest BCUT2D eigenvalue weighted by Gasteiger charge is -2.38. The van der Waals surface area contributed by atoms with Crippen LogP contribution in [0.2, 0.25) is 5.02 Å². The second kappa shape index (κ2) is 12.3. The Hall–Kier alpha value is -3.21. The van der Waals surface area contributed by atoms with Crippen molar-refractivity contribution < 1.29 is 28.7 Å². The molecule has 12 heteroatoms. The Labute approximate surface area is 235 Å². The molecular formula is C27H40ClN5O6. The first-order valence-corrected chi connectivity index (χ1v) is 13.5. The summed E-state index contributed by atoms with van der Waals surface area (Å²) in [6, 6.07) is 6.33. The van der Waals surface area contributed by atoms with Gasteiger partial charge in [0, 0.05) is 49.5 Å². The van der Waals surface area contributed by atoms with E-state index < -0.39 is 41.4 Å². The summed E-state index contributed by atoms with van der Waals surface area (Å²) in [5.41, 5.74) is -0.437. The quantitative estimate of drug-likeness (QED) is 0.563. The smallest absolute Gasteiger partial charge is 0.411 e. The van der Waals surface area contributed by atoms with E-state index in [0.717, 1.165) is 5.69 Å². The Balaban J connectivity index is 1.62.